The van der Waals surface area contributed by atoms with E-state index in [2.05, 4.69) is 14.9 Å². The lowest BCUT2D eigenvalue weighted by molar-refractivity contribution is -0.138. The van der Waals surface area contributed by atoms with Gasteiger partial charge in [0.15, 0.2) is 0 Å². The monoisotopic (exact) mass is 279 g/mol. The highest BCUT2D eigenvalue weighted by molar-refractivity contribution is 5.66. The predicted molar refractivity (Wildman–Crippen MR) is 73.3 cm³/mol. The number of hydrogen-bond donors (Lipinski definition) is 1. The normalized spacial score (nSPS) is 17.2. The first-order chi connectivity index (χ1) is 9.63. The summed E-state index contributed by atoms with van der Waals surface area (Å²) in [6, 6.07) is 1.95. The van der Waals surface area contributed by atoms with Gasteiger partial charge in [-0.25, -0.2) is 9.97 Å². The van der Waals surface area contributed by atoms with E-state index in [-0.39, 0.29) is 12.5 Å². The number of aromatic nitrogens is 2. The van der Waals surface area contributed by atoms with E-state index >= 15 is 0 Å². The summed E-state index contributed by atoms with van der Waals surface area (Å²) in [5.41, 5.74) is 1.04. The fourth-order valence-corrected chi connectivity index (χ4v) is 2.37. The van der Waals surface area contributed by atoms with E-state index in [0.717, 1.165) is 44.0 Å². The number of likely N-dealkylation sites (tertiary alicyclic amines) is 1. The summed E-state index contributed by atoms with van der Waals surface area (Å²) in [7, 11) is 0. The standard InChI is InChI=1S/C14H21N3O3/c1-11-15-6-2-12(16-11)10-17-7-3-13(4-8-17)20-9-5-14(18)19/h2,6,13H,3-5,7-10H2,1H3,(H,18,19). The second-order valence-corrected chi connectivity index (χ2v) is 5.09. The average molecular weight is 279 g/mol. The van der Waals surface area contributed by atoms with Gasteiger partial charge in [0.05, 0.1) is 24.8 Å². The van der Waals surface area contributed by atoms with Crippen molar-refractivity contribution >= 4 is 5.97 Å². The molecule has 1 aromatic rings. The summed E-state index contributed by atoms with van der Waals surface area (Å²) in [4.78, 5) is 21.3. The van der Waals surface area contributed by atoms with Crippen LogP contribution >= 0.6 is 0 Å². The zero-order valence-electron chi connectivity index (χ0n) is 11.8. The lowest BCUT2D eigenvalue weighted by atomic mass is 10.1. The lowest BCUT2D eigenvalue weighted by Gasteiger charge is -2.31. The third-order valence-electron chi connectivity index (χ3n) is 3.42. The van der Waals surface area contributed by atoms with E-state index in [9.17, 15) is 4.79 Å². The lowest BCUT2D eigenvalue weighted by Crippen LogP contribution is -2.37. The van der Waals surface area contributed by atoms with E-state index in [0.29, 0.717) is 6.61 Å². The van der Waals surface area contributed by atoms with Crippen molar-refractivity contribution in [2.45, 2.75) is 38.8 Å². The van der Waals surface area contributed by atoms with Crippen LogP contribution in [0.25, 0.3) is 0 Å². The Morgan fingerprint density at radius 3 is 2.90 bits per heavy atom. The van der Waals surface area contributed by atoms with Crippen molar-refractivity contribution in [2.75, 3.05) is 19.7 Å². The van der Waals surface area contributed by atoms with Gasteiger partial charge < -0.3 is 9.84 Å². The molecule has 0 radical (unpaired) electrons. The van der Waals surface area contributed by atoms with Crippen molar-refractivity contribution in [3.8, 4) is 0 Å². The first kappa shape index (κ1) is 14.9. The summed E-state index contributed by atoms with van der Waals surface area (Å²) in [6.07, 6.45) is 3.96. The van der Waals surface area contributed by atoms with Crippen LogP contribution in [0.4, 0.5) is 0 Å². The van der Waals surface area contributed by atoms with Crippen LogP contribution in [0.5, 0.6) is 0 Å². The van der Waals surface area contributed by atoms with Crippen LogP contribution in [-0.4, -0.2) is 51.7 Å². The van der Waals surface area contributed by atoms with E-state index < -0.39 is 5.97 Å². The molecule has 1 saturated heterocycles. The number of ether oxygens (including phenoxy) is 1. The topological polar surface area (TPSA) is 75.6 Å². The van der Waals surface area contributed by atoms with Gasteiger partial charge in [0, 0.05) is 25.8 Å². The fraction of sp³-hybridized carbons (Fsp3) is 0.643. The Hall–Kier alpha value is -1.53. The van der Waals surface area contributed by atoms with Crippen molar-refractivity contribution in [2.24, 2.45) is 0 Å². The molecule has 1 aromatic heterocycles. The zero-order valence-corrected chi connectivity index (χ0v) is 11.8. The number of carboxylic acids is 1. The van der Waals surface area contributed by atoms with Crippen molar-refractivity contribution in [3.05, 3.63) is 23.8 Å². The molecular weight excluding hydrogens is 258 g/mol. The molecule has 0 saturated carbocycles. The number of piperidine rings is 1. The van der Waals surface area contributed by atoms with Gasteiger partial charge in [0.1, 0.15) is 5.82 Å². The molecule has 0 amide bonds. The van der Waals surface area contributed by atoms with Crippen LogP contribution in [0.1, 0.15) is 30.8 Å². The van der Waals surface area contributed by atoms with Gasteiger partial charge >= 0.3 is 5.97 Å². The Kier molecular flexibility index (Phi) is 5.43. The average Bonchev–Trinajstić information content (AvgIpc) is 2.40. The molecule has 1 aliphatic rings. The van der Waals surface area contributed by atoms with Gasteiger partial charge in [0.2, 0.25) is 0 Å². The van der Waals surface area contributed by atoms with Crippen molar-refractivity contribution < 1.29 is 14.6 Å². The molecule has 0 aromatic carbocycles. The number of nitrogens with zero attached hydrogens (tertiary/aromatic N) is 3. The minimum atomic E-state index is -0.804. The van der Waals surface area contributed by atoms with E-state index in [4.69, 9.17) is 9.84 Å². The maximum absolute atomic E-state index is 10.4. The van der Waals surface area contributed by atoms with Gasteiger partial charge in [-0.15, -0.1) is 0 Å². The Morgan fingerprint density at radius 1 is 1.50 bits per heavy atom. The van der Waals surface area contributed by atoms with E-state index in [1.807, 2.05) is 13.0 Å². The molecule has 0 atom stereocenters. The minimum absolute atomic E-state index is 0.0838. The highest BCUT2D eigenvalue weighted by atomic mass is 16.5. The highest BCUT2D eigenvalue weighted by Gasteiger charge is 2.20. The molecule has 1 aliphatic heterocycles. The quantitative estimate of drug-likeness (QED) is 0.844. The maximum Gasteiger partial charge on any atom is 0.305 e. The molecule has 1 N–H and O–H groups in total. The summed E-state index contributed by atoms with van der Waals surface area (Å²) < 4.78 is 5.58. The molecule has 0 aliphatic carbocycles. The minimum Gasteiger partial charge on any atom is -0.481 e. The largest absolute Gasteiger partial charge is 0.481 e. The summed E-state index contributed by atoms with van der Waals surface area (Å²) >= 11 is 0. The predicted octanol–water partition coefficient (Wildman–Crippen LogP) is 1.24. The van der Waals surface area contributed by atoms with Crippen LogP contribution < -0.4 is 0 Å². The molecule has 6 heteroatoms. The van der Waals surface area contributed by atoms with Crippen LogP contribution in [-0.2, 0) is 16.1 Å². The molecule has 6 nitrogen and oxygen atoms in total. The van der Waals surface area contributed by atoms with E-state index in [1.165, 1.54) is 0 Å². The summed E-state index contributed by atoms with van der Waals surface area (Å²) in [6.45, 7) is 4.96. The molecule has 20 heavy (non-hydrogen) atoms. The maximum atomic E-state index is 10.4. The first-order valence-corrected chi connectivity index (χ1v) is 6.98. The first-order valence-electron chi connectivity index (χ1n) is 6.98. The smallest absolute Gasteiger partial charge is 0.305 e. The SMILES string of the molecule is Cc1nccc(CN2CCC(OCCC(=O)O)CC2)n1. The third-order valence-corrected chi connectivity index (χ3v) is 3.42. The van der Waals surface area contributed by atoms with Crippen LogP contribution in [0.3, 0.4) is 0 Å². The molecule has 0 bridgehead atoms. The third kappa shape index (κ3) is 4.86. The number of aryl methyl sites for hydroxylation is 1. The number of carbonyl (C=O) groups is 1. The van der Waals surface area contributed by atoms with Crippen molar-refractivity contribution in [3.63, 3.8) is 0 Å². The van der Waals surface area contributed by atoms with Gasteiger partial charge in [-0.3, -0.25) is 9.69 Å². The highest BCUT2D eigenvalue weighted by Crippen LogP contribution is 2.15. The van der Waals surface area contributed by atoms with Gasteiger partial charge in [-0.2, -0.15) is 0 Å². The second kappa shape index (κ2) is 7.31. The summed E-state index contributed by atoms with van der Waals surface area (Å²) in [5, 5.41) is 8.57. The molecule has 0 spiro atoms. The molecule has 2 rings (SSSR count). The summed E-state index contributed by atoms with van der Waals surface area (Å²) in [5.74, 6) is -0.00374. The Balaban J connectivity index is 1.70. The Bertz CT molecular complexity index is 445. The number of rotatable bonds is 6. The number of carboxylic acid groups (broad SMARTS) is 1. The van der Waals surface area contributed by atoms with Gasteiger partial charge in [-0.05, 0) is 25.8 Å². The van der Waals surface area contributed by atoms with Crippen molar-refractivity contribution in [1.29, 1.82) is 0 Å². The second-order valence-electron chi connectivity index (χ2n) is 5.09. The van der Waals surface area contributed by atoms with Crippen LogP contribution in [0.15, 0.2) is 12.3 Å². The van der Waals surface area contributed by atoms with Crippen LogP contribution in [0, 0.1) is 6.92 Å². The molecular formula is C14H21N3O3. The molecule has 1 fully saturated rings. The van der Waals surface area contributed by atoms with Crippen LogP contribution in [0.2, 0.25) is 0 Å². The number of hydrogen-bond acceptors (Lipinski definition) is 5. The molecule has 0 unspecified atom stereocenters. The van der Waals surface area contributed by atoms with Gasteiger partial charge in [-0.1, -0.05) is 0 Å². The molecule has 2 heterocycles. The fourth-order valence-electron chi connectivity index (χ4n) is 2.37. The Morgan fingerprint density at radius 2 is 2.25 bits per heavy atom. The van der Waals surface area contributed by atoms with Crippen molar-refractivity contribution in [1.82, 2.24) is 14.9 Å². The molecule has 110 valence electrons. The number of aliphatic carboxylic acids is 1. The Labute approximate surface area is 118 Å². The zero-order chi connectivity index (χ0) is 14.4. The van der Waals surface area contributed by atoms with Gasteiger partial charge in [0.25, 0.3) is 0 Å². The van der Waals surface area contributed by atoms with E-state index in [1.54, 1.807) is 6.20 Å².